The molecule has 2 aromatic carbocycles. The van der Waals surface area contributed by atoms with Crippen LogP contribution in [0.15, 0.2) is 72.9 Å². The summed E-state index contributed by atoms with van der Waals surface area (Å²) in [6.07, 6.45) is 3.81. The van der Waals surface area contributed by atoms with E-state index in [1.165, 1.54) is 16.0 Å². The van der Waals surface area contributed by atoms with Crippen LogP contribution in [-0.4, -0.2) is 9.97 Å². The van der Waals surface area contributed by atoms with Gasteiger partial charge in [0.05, 0.1) is 10.6 Å². The number of nitrogens with zero attached hydrogens (tertiary/aromatic N) is 2. The van der Waals surface area contributed by atoms with Gasteiger partial charge >= 0.3 is 0 Å². The van der Waals surface area contributed by atoms with Gasteiger partial charge in [0.25, 0.3) is 0 Å². The van der Waals surface area contributed by atoms with Gasteiger partial charge in [-0.1, -0.05) is 35.9 Å². The maximum absolute atomic E-state index is 5.96. The van der Waals surface area contributed by atoms with Gasteiger partial charge in [-0.2, -0.15) is 0 Å². The average Bonchev–Trinajstić information content (AvgIpc) is 3.17. The quantitative estimate of drug-likeness (QED) is 0.388. The molecule has 2 heterocycles. The SMILES string of the molecule is Cc1cccc(Nc2nccc(-c3ccc(CCc4ccc(Cl)cc4)s3)n2)c1. The molecule has 0 fully saturated rings. The lowest BCUT2D eigenvalue weighted by molar-refractivity contribution is 0.981. The molecule has 0 unspecified atom stereocenters. The Hall–Kier alpha value is -2.69. The summed E-state index contributed by atoms with van der Waals surface area (Å²) in [5.41, 5.74) is 4.43. The summed E-state index contributed by atoms with van der Waals surface area (Å²) < 4.78 is 0. The molecule has 0 atom stereocenters. The Labute approximate surface area is 174 Å². The second kappa shape index (κ2) is 8.55. The number of rotatable bonds is 6. The Morgan fingerprint density at radius 3 is 2.64 bits per heavy atom. The van der Waals surface area contributed by atoms with E-state index in [0.29, 0.717) is 5.95 Å². The van der Waals surface area contributed by atoms with E-state index in [2.05, 4.69) is 58.6 Å². The number of aryl methyl sites for hydroxylation is 3. The van der Waals surface area contributed by atoms with Crippen LogP contribution in [0.1, 0.15) is 16.0 Å². The molecule has 0 saturated carbocycles. The third-order valence-electron chi connectivity index (χ3n) is 4.42. The molecule has 0 saturated heterocycles. The van der Waals surface area contributed by atoms with Crippen molar-refractivity contribution in [1.82, 2.24) is 9.97 Å². The minimum Gasteiger partial charge on any atom is -0.324 e. The largest absolute Gasteiger partial charge is 0.324 e. The third-order valence-corrected chi connectivity index (χ3v) is 5.84. The van der Waals surface area contributed by atoms with Crippen molar-refractivity contribution in [3.8, 4) is 10.6 Å². The van der Waals surface area contributed by atoms with Gasteiger partial charge < -0.3 is 5.32 Å². The van der Waals surface area contributed by atoms with Crippen LogP contribution in [0, 0.1) is 6.92 Å². The molecular formula is C23H20ClN3S. The van der Waals surface area contributed by atoms with Crippen LogP contribution in [0.5, 0.6) is 0 Å². The minimum absolute atomic E-state index is 0.610. The lowest BCUT2D eigenvalue weighted by Crippen LogP contribution is -1.97. The van der Waals surface area contributed by atoms with Gasteiger partial charge in [0, 0.05) is 21.8 Å². The fourth-order valence-corrected chi connectivity index (χ4v) is 4.08. The Bertz CT molecular complexity index is 1070. The molecule has 0 spiro atoms. The first-order chi connectivity index (χ1) is 13.7. The van der Waals surface area contributed by atoms with Gasteiger partial charge in [0.1, 0.15) is 0 Å². The van der Waals surface area contributed by atoms with E-state index in [0.717, 1.165) is 34.1 Å². The molecule has 0 bridgehead atoms. The highest BCUT2D eigenvalue weighted by molar-refractivity contribution is 7.15. The summed E-state index contributed by atoms with van der Waals surface area (Å²) in [4.78, 5) is 11.5. The molecule has 0 radical (unpaired) electrons. The van der Waals surface area contributed by atoms with Gasteiger partial charge in [0.2, 0.25) is 5.95 Å². The van der Waals surface area contributed by atoms with Crippen molar-refractivity contribution < 1.29 is 0 Å². The molecule has 4 aromatic rings. The van der Waals surface area contributed by atoms with E-state index in [4.69, 9.17) is 11.6 Å². The van der Waals surface area contributed by atoms with Crippen LogP contribution in [0.2, 0.25) is 5.02 Å². The first-order valence-corrected chi connectivity index (χ1v) is 10.4. The van der Waals surface area contributed by atoms with Crippen LogP contribution >= 0.6 is 22.9 Å². The Morgan fingerprint density at radius 1 is 0.964 bits per heavy atom. The highest BCUT2D eigenvalue weighted by Crippen LogP contribution is 2.28. The van der Waals surface area contributed by atoms with E-state index < -0.39 is 0 Å². The lowest BCUT2D eigenvalue weighted by Gasteiger charge is -2.06. The fourth-order valence-electron chi connectivity index (χ4n) is 2.98. The number of hydrogen-bond donors (Lipinski definition) is 1. The van der Waals surface area contributed by atoms with Crippen molar-refractivity contribution in [2.24, 2.45) is 0 Å². The highest BCUT2D eigenvalue weighted by Gasteiger charge is 2.07. The van der Waals surface area contributed by atoms with Crippen molar-refractivity contribution >= 4 is 34.6 Å². The number of aromatic nitrogens is 2. The van der Waals surface area contributed by atoms with Crippen LogP contribution in [0.3, 0.4) is 0 Å². The Balaban J connectivity index is 1.45. The van der Waals surface area contributed by atoms with Crippen molar-refractivity contribution in [3.05, 3.63) is 94.0 Å². The molecule has 0 amide bonds. The predicted molar refractivity (Wildman–Crippen MR) is 119 cm³/mol. The van der Waals surface area contributed by atoms with E-state index in [-0.39, 0.29) is 0 Å². The summed E-state index contributed by atoms with van der Waals surface area (Å²) in [5.74, 6) is 0.610. The molecule has 4 rings (SSSR count). The zero-order chi connectivity index (χ0) is 19.3. The second-order valence-corrected chi connectivity index (χ2v) is 8.26. The predicted octanol–water partition coefficient (Wildman–Crippen LogP) is 6.70. The number of thiophene rings is 1. The molecule has 0 aliphatic rings. The molecule has 0 aliphatic heterocycles. The first-order valence-electron chi connectivity index (χ1n) is 9.16. The lowest BCUT2D eigenvalue weighted by atomic mass is 10.1. The number of anilines is 2. The monoisotopic (exact) mass is 405 g/mol. The smallest absolute Gasteiger partial charge is 0.227 e. The zero-order valence-corrected chi connectivity index (χ0v) is 17.1. The standard InChI is InChI=1S/C23H20ClN3S/c1-16-3-2-4-19(15-16)26-23-25-14-13-21(27-23)22-12-11-20(28-22)10-7-17-5-8-18(24)9-6-17/h2-6,8-9,11-15H,7,10H2,1H3,(H,25,26,27). The number of nitrogens with one attached hydrogen (secondary N) is 1. The highest BCUT2D eigenvalue weighted by atomic mass is 35.5. The Kier molecular flexibility index (Phi) is 5.70. The van der Waals surface area contributed by atoms with Crippen LogP contribution in [0.25, 0.3) is 10.6 Å². The zero-order valence-electron chi connectivity index (χ0n) is 15.5. The summed E-state index contributed by atoms with van der Waals surface area (Å²) in [6.45, 7) is 2.07. The van der Waals surface area contributed by atoms with Gasteiger partial charge in [-0.15, -0.1) is 11.3 Å². The first kappa shape index (κ1) is 18.7. The van der Waals surface area contributed by atoms with Gasteiger partial charge in [-0.3, -0.25) is 0 Å². The molecular weight excluding hydrogens is 386 g/mol. The molecule has 1 N–H and O–H groups in total. The minimum atomic E-state index is 0.610. The van der Waals surface area contributed by atoms with E-state index in [9.17, 15) is 0 Å². The van der Waals surface area contributed by atoms with Crippen molar-refractivity contribution in [2.45, 2.75) is 19.8 Å². The van der Waals surface area contributed by atoms with Gasteiger partial charge in [-0.05, 0) is 73.4 Å². The molecule has 28 heavy (non-hydrogen) atoms. The van der Waals surface area contributed by atoms with Crippen molar-refractivity contribution in [1.29, 1.82) is 0 Å². The number of hydrogen-bond acceptors (Lipinski definition) is 4. The van der Waals surface area contributed by atoms with Crippen LogP contribution in [-0.2, 0) is 12.8 Å². The van der Waals surface area contributed by atoms with Crippen LogP contribution < -0.4 is 5.32 Å². The van der Waals surface area contributed by atoms with Crippen LogP contribution in [0.4, 0.5) is 11.6 Å². The van der Waals surface area contributed by atoms with Crippen molar-refractivity contribution in [3.63, 3.8) is 0 Å². The van der Waals surface area contributed by atoms with E-state index >= 15 is 0 Å². The topological polar surface area (TPSA) is 37.8 Å². The molecule has 3 nitrogen and oxygen atoms in total. The second-order valence-electron chi connectivity index (χ2n) is 6.65. The Morgan fingerprint density at radius 2 is 1.82 bits per heavy atom. The average molecular weight is 406 g/mol. The summed E-state index contributed by atoms with van der Waals surface area (Å²) in [5, 5.41) is 4.06. The molecule has 140 valence electrons. The molecule has 5 heteroatoms. The van der Waals surface area contributed by atoms with Gasteiger partial charge in [0.15, 0.2) is 0 Å². The van der Waals surface area contributed by atoms with E-state index in [1.54, 1.807) is 17.5 Å². The van der Waals surface area contributed by atoms with Gasteiger partial charge in [-0.25, -0.2) is 9.97 Å². The van der Waals surface area contributed by atoms with Crippen molar-refractivity contribution in [2.75, 3.05) is 5.32 Å². The van der Waals surface area contributed by atoms with E-state index in [1.807, 2.05) is 30.3 Å². The fraction of sp³-hybridized carbons (Fsp3) is 0.130. The number of halogens is 1. The molecule has 0 aliphatic carbocycles. The number of benzene rings is 2. The summed E-state index contributed by atoms with van der Waals surface area (Å²) in [7, 11) is 0. The third kappa shape index (κ3) is 4.77. The summed E-state index contributed by atoms with van der Waals surface area (Å²) >= 11 is 7.74. The summed E-state index contributed by atoms with van der Waals surface area (Å²) in [6, 6.07) is 22.5. The molecule has 2 aromatic heterocycles. The normalized spacial score (nSPS) is 10.8. The maximum atomic E-state index is 5.96. The maximum Gasteiger partial charge on any atom is 0.227 e.